The summed E-state index contributed by atoms with van der Waals surface area (Å²) in [7, 11) is 1.73. The van der Waals surface area contributed by atoms with E-state index in [4.69, 9.17) is 10.5 Å². The molecule has 0 aliphatic rings. The van der Waals surface area contributed by atoms with Crippen molar-refractivity contribution in [3.05, 3.63) is 48.0 Å². The first kappa shape index (κ1) is 13.1. The van der Waals surface area contributed by atoms with Crippen LogP contribution < -0.4 is 5.73 Å². The van der Waals surface area contributed by atoms with Crippen molar-refractivity contribution in [2.45, 2.75) is 19.4 Å². The van der Waals surface area contributed by atoms with Crippen molar-refractivity contribution in [2.75, 3.05) is 13.7 Å². The molecule has 0 aromatic heterocycles. The summed E-state index contributed by atoms with van der Waals surface area (Å²) in [5.41, 5.74) is 7.52. The third-order valence-corrected chi connectivity index (χ3v) is 3.55. The van der Waals surface area contributed by atoms with Crippen LogP contribution in [0.4, 0.5) is 0 Å². The number of benzene rings is 2. The third-order valence-electron chi connectivity index (χ3n) is 3.55. The predicted molar refractivity (Wildman–Crippen MR) is 76.5 cm³/mol. The van der Waals surface area contributed by atoms with Gasteiger partial charge in [0.2, 0.25) is 0 Å². The maximum atomic E-state index is 6.31. The number of ether oxygens (including phenoxy) is 1. The van der Waals surface area contributed by atoms with Crippen molar-refractivity contribution in [3.8, 4) is 0 Å². The standard InChI is InChI=1S/C16H21NO/c1-12(9-10-18-2)16(17)15-8-7-13-5-3-4-6-14(13)11-15/h3-8,11-12,16H,9-10,17H2,1-2H3. The summed E-state index contributed by atoms with van der Waals surface area (Å²) in [6.07, 6.45) is 0.991. The fourth-order valence-corrected chi connectivity index (χ4v) is 2.23. The molecule has 2 nitrogen and oxygen atoms in total. The number of hydrogen-bond donors (Lipinski definition) is 1. The zero-order chi connectivity index (χ0) is 13.0. The van der Waals surface area contributed by atoms with Crippen LogP contribution in [0.15, 0.2) is 42.5 Å². The van der Waals surface area contributed by atoms with Gasteiger partial charge in [0, 0.05) is 19.8 Å². The second-order valence-corrected chi connectivity index (χ2v) is 4.89. The molecule has 2 heteroatoms. The van der Waals surface area contributed by atoms with Crippen LogP contribution in [0.5, 0.6) is 0 Å². The van der Waals surface area contributed by atoms with Crippen LogP contribution in [0.3, 0.4) is 0 Å². The highest BCUT2D eigenvalue weighted by Crippen LogP contribution is 2.25. The minimum atomic E-state index is 0.0738. The third kappa shape index (κ3) is 2.89. The Morgan fingerprint density at radius 1 is 1.11 bits per heavy atom. The van der Waals surface area contributed by atoms with Gasteiger partial charge in [0.15, 0.2) is 0 Å². The zero-order valence-corrected chi connectivity index (χ0v) is 11.1. The van der Waals surface area contributed by atoms with E-state index in [2.05, 4.69) is 49.4 Å². The summed E-state index contributed by atoms with van der Waals surface area (Å²) in [5, 5.41) is 2.52. The largest absolute Gasteiger partial charge is 0.385 e. The van der Waals surface area contributed by atoms with Gasteiger partial charge in [0.05, 0.1) is 0 Å². The molecule has 0 radical (unpaired) electrons. The molecule has 0 spiro atoms. The summed E-state index contributed by atoms with van der Waals surface area (Å²) in [6, 6.07) is 14.9. The summed E-state index contributed by atoms with van der Waals surface area (Å²) in [6.45, 7) is 2.95. The fraction of sp³-hybridized carbons (Fsp3) is 0.375. The highest BCUT2D eigenvalue weighted by atomic mass is 16.5. The zero-order valence-electron chi connectivity index (χ0n) is 11.1. The quantitative estimate of drug-likeness (QED) is 0.872. The van der Waals surface area contributed by atoms with Crippen LogP contribution in [0, 0.1) is 5.92 Å². The molecule has 0 amide bonds. The average Bonchev–Trinajstić information content (AvgIpc) is 2.43. The van der Waals surface area contributed by atoms with E-state index in [1.165, 1.54) is 16.3 Å². The van der Waals surface area contributed by atoms with Crippen molar-refractivity contribution in [3.63, 3.8) is 0 Å². The highest BCUT2D eigenvalue weighted by Gasteiger charge is 2.14. The summed E-state index contributed by atoms with van der Waals surface area (Å²) in [5.74, 6) is 0.422. The second kappa shape index (κ2) is 5.98. The molecule has 0 fully saturated rings. The summed E-state index contributed by atoms with van der Waals surface area (Å²) in [4.78, 5) is 0. The van der Waals surface area contributed by atoms with Crippen LogP contribution in [0.1, 0.15) is 24.9 Å². The van der Waals surface area contributed by atoms with Gasteiger partial charge in [0.25, 0.3) is 0 Å². The van der Waals surface area contributed by atoms with Gasteiger partial charge in [-0.2, -0.15) is 0 Å². The van der Waals surface area contributed by atoms with Gasteiger partial charge in [-0.15, -0.1) is 0 Å². The molecule has 0 aliphatic heterocycles. The fourth-order valence-electron chi connectivity index (χ4n) is 2.23. The number of fused-ring (bicyclic) bond motifs is 1. The number of hydrogen-bond acceptors (Lipinski definition) is 2. The number of methoxy groups -OCH3 is 1. The van der Waals surface area contributed by atoms with E-state index in [1.807, 2.05) is 0 Å². The highest BCUT2D eigenvalue weighted by molar-refractivity contribution is 5.83. The molecule has 0 aliphatic carbocycles. The molecule has 18 heavy (non-hydrogen) atoms. The molecule has 2 N–H and O–H groups in total. The van der Waals surface area contributed by atoms with Gasteiger partial charge in [-0.1, -0.05) is 43.3 Å². The lowest BCUT2D eigenvalue weighted by atomic mass is 9.91. The lowest BCUT2D eigenvalue weighted by Crippen LogP contribution is -2.20. The van der Waals surface area contributed by atoms with Crippen molar-refractivity contribution in [1.82, 2.24) is 0 Å². The maximum absolute atomic E-state index is 6.31. The summed E-state index contributed by atoms with van der Waals surface area (Å²) < 4.78 is 5.11. The first-order valence-corrected chi connectivity index (χ1v) is 6.45. The smallest absolute Gasteiger partial charge is 0.0465 e. The van der Waals surface area contributed by atoms with E-state index in [1.54, 1.807) is 7.11 Å². The van der Waals surface area contributed by atoms with Gasteiger partial charge in [-0.3, -0.25) is 0 Å². The Balaban J connectivity index is 2.19. The Labute approximate surface area is 109 Å². The minimum absolute atomic E-state index is 0.0738. The van der Waals surface area contributed by atoms with Crippen LogP contribution >= 0.6 is 0 Å². The van der Waals surface area contributed by atoms with Crippen molar-refractivity contribution >= 4 is 10.8 Å². The molecule has 2 atom stereocenters. The number of nitrogens with two attached hydrogens (primary N) is 1. The van der Waals surface area contributed by atoms with Gasteiger partial charge >= 0.3 is 0 Å². The second-order valence-electron chi connectivity index (χ2n) is 4.89. The Morgan fingerprint density at radius 2 is 1.83 bits per heavy atom. The van der Waals surface area contributed by atoms with E-state index in [0.29, 0.717) is 5.92 Å². The molecule has 0 saturated carbocycles. The van der Waals surface area contributed by atoms with Crippen molar-refractivity contribution in [2.24, 2.45) is 11.7 Å². The average molecular weight is 243 g/mol. The SMILES string of the molecule is COCCC(C)C(N)c1ccc2ccccc2c1. The monoisotopic (exact) mass is 243 g/mol. The van der Waals surface area contributed by atoms with Gasteiger partial charge < -0.3 is 10.5 Å². The van der Waals surface area contributed by atoms with E-state index in [-0.39, 0.29) is 6.04 Å². The molecule has 0 heterocycles. The first-order valence-electron chi connectivity index (χ1n) is 6.45. The van der Waals surface area contributed by atoms with E-state index >= 15 is 0 Å². The van der Waals surface area contributed by atoms with E-state index in [0.717, 1.165) is 13.0 Å². The Hall–Kier alpha value is -1.38. The molecule has 96 valence electrons. The van der Waals surface area contributed by atoms with Crippen molar-refractivity contribution < 1.29 is 4.74 Å². The van der Waals surface area contributed by atoms with Gasteiger partial charge in [-0.25, -0.2) is 0 Å². The van der Waals surface area contributed by atoms with Crippen LogP contribution in [-0.4, -0.2) is 13.7 Å². The molecule has 2 aromatic carbocycles. The Morgan fingerprint density at radius 3 is 2.56 bits per heavy atom. The maximum Gasteiger partial charge on any atom is 0.0465 e. The molecule has 2 unspecified atom stereocenters. The molecule has 2 aromatic rings. The van der Waals surface area contributed by atoms with Crippen molar-refractivity contribution in [1.29, 1.82) is 0 Å². The lowest BCUT2D eigenvalue weighted by molar-refractivity contribution is 0.174. The molecule has 0 saturated heterocycles. The number of rotatable bonds is 5. The van der Waals surface area contributed by atoms with Crippen LogP contribution in [0.2, 0.25) is 0 Å². The molecule has 0 bridgehead atoms. The first-order chi connectivity index (χ1) is 8.72. The van der Waals surface area contributed by atoms with Gasteiger partial charge in [0.1, 0.15) is 0 Å². The normalized spacial score (nSPS) is 14.6. The van der Waals surface area contributed by atoms with Gasteiger partial charge in [-0.05, 0) is 34.7 Å². The topological polar surface area (TPSA) is 35.2 Å². The molecular weight excluding hydrogens is 222 g/mol. The van der Waals surface area contributed by atoms with Crippen LogP contribution in [-0.2, 0) is 4.74 Å². The molecule has 2 rings (SSSR count). The van der Waals surface area contributed by atoms with Crippen LogP contribution in [0.25, 0.3) is 10.8 Å². The summed E-state index contributed by atoms with van der Waals surface area (Å²) >= 11 is 0. The lowest BCUT2D eigenvalue weighted by Gasteiger charge is -2.20. The Kier molecular flexibility index (Phi) is 4.34. The van der Waals surface area contributed by atoms with E-state index in [9.17, 15) is 0 Å². The Bertz CT molecular complexity index is 509. The molecular formula is C16H21NO. The van der Waals surface area contributed by atoms with E-state index < -0.39 is 0 Å². The predicted octanol–water partition coefficient (Wildman–Crippen LogP) is 3.51. The minimum Gasteiger partial charge on any atom is -0.385 e.